The average Bonchev–Trinajstić information content (AvgIpc) is 2.74. The fourth-order valence-electron chi connectivity index (χ4n) is 4.25. The van der Waals surface area contributed by atoms with Crippen LogP contribution in [0.15, 0.2) is 72.8 Å². The molecular weight excluding hydrogens is 400 g/mol. The van der Waals surface area contributed by atoms with Gasteiger partial charge in [-0.25, -0.2) is 0 Å². The van der Waals surface area contributed by atoms with E-state index < -0.39 is 0 Å². The number of hydrogen-bond donors (Lipinski definition) is 4. The Bertz CT molecular complexity index is 1420. The van der Waals surface area contributed by atoms with Crippen LogP contribution < -0.4 is 0 Å². The van der Waals surface area contributed by atoms with Gasteiger partial charge in [0.1, 0.15) is 23.0 Å². The monoisotopic (exact) mass is 422 g/mol. The number of phenolic OH excluding ortho intramolecular Hbond substituents is 4. The molecule has 0 aromatic heterocycles. The molecule has 0 atom stereocenters. The molecule has 158 valence electrons. The highest BCUT2D eigenvalue weighted by molar-refractivity contribution is 5.95. The Hall–Kier alpha value is -4.18. The largest absolute Gasteiger partial charge is 0.507 e. The van der Waals surface area contributed by atoms with Crippen LogP contribution in [-0.2, 0) is 0 Å². The number of benzene rings is 5. The number of phenols is 4. The summed E-state index contributed by atoms with van der Waals surface area (Å²) in [5.74, 6) is -0.199. The fraction of sp³-hybridized carbons (Fsp3) is 0.0714. The first-order valence-electron chi connectivity index (χ1n) is 10.3. The van der Waals surface area contributed by atoms with Gasteiger partial charge in [-0.15, -0.1) is 0 Å². The van der Waals surface area contributed by atoms with Crippen LogP contribution in [0, 0.1) is 13.8 Å². The minimum absolute atomic E-state index is 0.00877. The van der Waals surface area contributed by atoms with Crippen LogP contribution in [-0.4, -0.2) is 20.4 Å². The Morgan fingerprint density at radius 2 is 0.719 bits per heavy atom. The van der Waals surface area contributed by atoms with E-state index in [1.54, 1.807) is 24.3 Å². The van der Waals surface area contributed by atoms with Crippen molar-refractivity contribution >= 4 is 21.5 Å². The highest BCUT2D eigenvalue weighted by Crippen LogP contribution is 2.46. The summed E-state index contributed by atoms with van der Waals surface area (Å²) in [7, 11) is 0. The highest BCUT2D eigenvalue weighted by Gasteiger charge is 2.18. The van der Waals surface area contributed by atoms with Crippen molar-refractivity contribution in [2.24, 2.45) is 0 Å². The molecule has 0 bridgehead atoms. The van der Waals surface area contributed by atoms with Gasteiger partial charge in [0.2, 0.25) is 0 Å². The van der Waals surface area contributed by atoms with Crippen LogP contribution in [0.2, 0.25) is 0 Å². The van der Waals surface area contributed by atoms with Gasteiger partial charge in [0.05, 0.1) is 0 Å². The predicted octanol–water partition coefficient (Wildman–Crippen LogP) is 6.77. The average molecular weight is 422 g/mol. The Morgan fingerprint density at radius 3 is 1.12 bits per heavy atom. The zero-order valence-electron chi connectivity index (χ0n) is 17.7. The van der Waals surface area contributed by atoms with Crippen LogP contribution in [0.3, 0.4) is 0 Å². The van der Waals surface area contributed by atoms with Crippen LogP contribution in [0.1, 0.15) is 11.1 Å². The van der Waals surface area contributed by atoms with Gasteiger partial charge >= 0.3 is 0 Å². The predicted molar refractivity (Wildman–Crippen MR) is 128 cm³/mol. The molecule has 4 nitrogen and oxygen atoms in total. The fourth-order valence-corrected chi connectivity index (χ4v) is 4.25. The number of aryl methyl sites for hydroxylation is 2. The summed E-state index contributed by atoms with van der Waals surface area (Å²) in [6, 6.07) is 21.5. The van der Waals surface area contributed by atoms with Gasteiger partial charge in [-0.2, -0.15) is 0 Å². The van der Waals surface area contributed by atoms with Gasteiger partial charge in [-0.05, 0) is 71.8 Å². The molecule has 0 aliphatic carbocycles. The maximum absolute atomic E-state index is 10.8. The molecule has 0 heterocycles. The molecule has 0 spiro atoms. The topological polar surface area (TPSA) is 80.9 Å². The van der Waals surface area contributed by atoms with Crippen LogP contribution >= 0.6 is 0 Å². The molecule has 0 aliphatic rings. The summed E-state index contributed by atoms with van der Waals surface area (Å²) < 4.78 is 0. The molecule has 0 aliphatic heterocycles. The molecule has 5 rings (SSSR count). The molecule has 0 unspecified atom stereocenters. The molecular formula is C28H22O4. The van der Waals surface area contributed by atoms with E-state index in [4.69, 9.17) is 0 Å². The second kappa shape index (κ2) is 7.20. The minimum Gasteiger partial charge on any atom is -0.507 e. The number of aromatic hydroxyl groups is 4. The molecule has 32 heavy (non-hydrogen) atoms. The lowest BCUT2D eigenvalue weighted by molar-refractivity contribution is 0.458. The minimum atomic E-state index is -0.108. The summed E-state index contributed by atoms with van der Waals surface area (Å²) in [5.41, 5.74) is 3.61. The van der Waals surface area contributed by atoms with Crippen molar-refractivity contribution in [1.82, 2.24) is 0 Å². The van der Waals surface area contributed by atoms with Gasteiger partial charge < -0.3 is 20.4 Å². The maximum atomic E-state index is 10.8. The van der Waals surface area contributed by atoms with Crippen molar-refractivity contribution in [2.75, 3.05) is 0 Å². The van der Waals surface area contributed by atoms with E-state index in [0.717, 1.165) is 32.7 Å². The highest BCUT2D eigenvalue weighted by atomic mass is 16.3. The molecule has 5 aromatic rings. The van der Waals surface area contributed by atoms with Crippen molar-refractivity contribution in [2.45, 2.75) is 13.8 Å². The third-order valence-electron chi connectivity index (χ3n) is 5.91. The van der Waals surface area contributed by atoms with Crippen molar-refractivity contribution in [1.29, 1.82) is 0 Å². The van der Waals surface area contributed by atoms with E-state index >= 15 is 0 Å². The second-order valence-corrected chi connectivity index (χ2v) is 8.33. The second-order valence-electron chi connectivity index (χ2n) is 8.33. The van der Waals surface area contributed by atoms with Gasteiger partial charge in [0.15, 0.2) is 0 Å². The van der Waals surface area contributed by atoms with E-state index in [9.17, 15) is 20.4 Å². The third kappa shape index (κ3) is 3.26. The van der Waals surface area contributed by atoms with Crippen LogP contribution in [0.4, 0.5) is 0 Å². The summed E-state index contributed by atoms with van der Waals surface area (Å²) in [5, 5.41) is 46.4. The maximum Gasteiger partial charge on any atom is 0.124 e. The number of fused-ring (bicyclic) bond motifs is 2. The van der Waals surface area contributed by atoms with E-state index in [2.05, 4.69) is 0 Å². The lowest BCUT2D eigenvalue weighted by atomic mass is 9.94. The molecule has 4 heteroatoms. The van der Waals surface area contributed by atoms with E-state index in [1.165, 1.54) is 12.1 Å². The molecule has 4 N–H and O–H groups in total. The van der Waals surface area contributed by atoms with E-state index in [-0.39, 0.29) is 23.0 Å². The lowest BCUT2D eigenvalue weighted by Crippen LogP contribution is -1.87. The number of hydrogen-bond acceptors (Lipinski definition) is 4. The lowest BCUT2D eigenvalue weighted by Gasteiger charge is -2.14. The van der Waals surface area contributed by atoms with Crippen molar-refractivity contribution in [3.05, 3.63) is 83.9 Å². The number of rotatable bonds is 2. The Morgan fingerprint density at radius 1 is 0.375 bits per heavy atom. The summed E-state index contributed by atoms with van der Waals surface area (Å²) in [6.45, 7) is 3.96. The smallest absolute Gasteiger partial charge is 0.124 e. The normalized spacial score (nSPS) is 11.3. The first kappa shape index (κ1) is 19.8. The molecule has 0 fully saturated rings. The Labute approximate surface area is 185 Å². The molecule has 0 amide bonds. The standard InChI is InChI=1S/C28H22O4/c1-15-3-5-17-9-21(25(29)11-19(17)7-15)23-13-28(32)24(14-27(23)31)22-10-18-6-4-16(2)8-20(18)12-26(22)30/h3-14,29-32H,1-2H3. The SMILES string of the molecule is Cc1ccc2cc(-c3cc(O)c(-c4cc5ccc(C)cc5cc4O)cc3O)c(O)cc2c1. The zero-order chi connectivity index (χ0) is 22.6. The van der Waals surface area contributed by atoms with Gasteiger partial charge in [0, 0.05) is 22.3 Å². The summed E-state index contributed by atoms with van der Waals surface area (Å²) in [4.78, 5) is 0. The molecule has 0 radical (unpaired) electrons. The molecule has 0 saturated heterocycles. The van der Waals surface area contributed by atoms with Gasteiger partial charge in [-0.3, -0.25) is 0 Å². The van der Waals surface area contributed by atoms with E-state index in [1.807, 2.05) is 50.2 Å². The van der Waals surface area contributed by atoms with Gasteiger partial charge in [-0.1, -0.05) is 47.5 Å². The quantitative estimate of drug-likeness (QED) is 0.237. The first-order valence-corrected chi connectivity index (χ1v) is 10.3. The summed E-state index contributed by atoms with van der Waals surface area (Å²) in [6.07, 6.45) is 0. The van der Waals surface area contributed by atoms with Crippen LogP contribution in [0.25, 0.3) is 43.8 Å². The van der Waals surface area contributed by atoms with Gasteiger partial charge in [0.25, 0.3) is 0 Å². The van der Waals surface area contributed by atoms with Crippen molar-refractivity contribution < 1.29 is 20.4 Å². The van der Waals surface area contributed by atoms with E-state index in [0.29, 0.717) is 22.3 Å². The Kier molecular flexibility index (Phi) is 4.45. The van der Waals surface area contributed by atoms with Crippen LogP contribution in [0.5, 0.6) is 23.0 Å². The molecule has 5 aromatic carbocycles. The van der Waals surface area contributed by atoms with Crippen molar-refractivity contribution in [3.63, 3.8) is 0 Å². The van der Waals surface area contributed by atoms with Crippen molar-refractivity contribution in [3.8, 4) is 45.3 Å². The summed E-state index contributed by atoms with van der Waals surface area (Å²) >= 11 is 0. The molecule has 0 saturated carbocycles. The third-order valence-corrected chi connectivity index (χ3v) is 5.91. The zero-order valence-corrected chi connectivity index (χ0v) is 17.7. The Balaban J connectivity index is 1.66. The first-order chi connectivity index (χ1) is 15.3.